The summed E-state index contributed by atoms with van der Waals surface area (Å²) < 4.78 is 5.28. The molecule has 0 saturated heterocycles. The summed E-state index contributed by atoms with van der Waals surface area (Å²) in [7, 11) is 3.77. The van der Waals surface area contributed by atoms with Crippen LogP contribution in [0.2, 0.25) is 0 Å². The SMILES string of the molecule is CCCCCN(C)Cc1ccc(OC)c(C#CCO)c1. The van der Waals surface area contributed by atoms with E-state index in [2.05, 4.69) is 36.8 Å². The highest BCUT2D eigenvalue weighted by atomic mass is 16.5. The fourth-order valence-electron chi connectivity index (χ4n) is 2.11. The van der Waals surface area contributed by atoms with Crippen LogP contribution >= 0.6 is 0 Å². The second-order valence-electron chi connectivity index (χ2n) is 4.94. The average Bonchev–Trinajstić information content (AvgIpc) is 2.45. The van der Waals surface area contributed by atoms with Crippen LogP contribution < -0.4 is 4.74 Å². The third-order valence-corrected chi connectivity index (χ3v) is 3.16. The van der Waals surface area contributed by atoms with Crippen LogP contribution in [0.5, 0.6) is 5.75 Å². The first-order valence-electron chi connectivity index (χ1n) is 7.16. The molecule has 0 aliphatic rings. The summed E-state index contributed by atoms with van der Waals surface area (Å²) in [5.41, 5.74) is 2.05. The van der Waals surface area contributed by atoms with Crippen molar-refractivity contribution >= 4 is 0 Å². The van der Waals surface area contributed by atoms with Gasteiger partial charge in [0.2, 0.25) is 0 Å². The first-order valence-corrected chi connectivity index (χ1v) is 7.16. The number of hydrogen-bond donors (Lipinski definition) is 1. The molecule has 0 amide bonds. The van der Waals surface area contributed by atoms with Crippen LogP contribution in [0.4, 0.5) is 0 Å². The molecular weight excluding hydrogens is 250 g/mol. The Morgan fingerprint density at radius 1 is 1.30 bits per heavy atom. The summed E-state index contributed by atoms with van der Waals surface area (Å²) >= 11 is 0. The van der Waals surface area contributed by atoms with E-state index in [1.54, 1.807) is 7.11 Å². The summed E-state index contributed by atoms with van der Waals surface area (Å²) in [6.07, 6.45) is 3.76. The maximum Gasteiger partial charge on any atom is 0.134 e. The fourth-order valence-corrected chi connectivity index (χ4v) is 2.11. The Labute approximate surface area is 122 Å². The lowest BCUT2D eigenvalue weighted by Crippen LogP contribution is -2.19. The summed E-state index contributed by atoms with van der Waals surface area (Å²) in [6, 6.07) is 6.05. The molecule has 0 unspecified atom stereocenters. The monoisotopic (exact) mass is 275 g/mol. The van der Waals surface area contributed by atoms with Gasteiger partial charge in [-0.25, -0.2) is 0 Å². The molecule has 0 aliphatic heterocycles. The Bertz CT molecular complexity index is 460. The molecule has 110 valence electrons. The molecule has 3 nitrogen and oxygen atoms in total. The van der Waals surface area contributed by atoms with Crippen molar-refractivity contribution in [2.45, 2.75) is 32.7 Å². The molecule has 3 heteroatoms. The molecule has 0 aromatic heterocycles. The number of aliphatic hydroxyl groups is 1. The Morgan fingerprint density at radius 3 is 2.75 bits per heavy atom. The van der Waals surface area contributed by atoms with E-state index in [-0.39, 0.29) is 6.61 Å². The molecule has 1 aromatic rings. The van der Waals surface area contributed by atoms with Crippen LogP contribution in [-0.4, -0.2) is 37.3 Å². The zero-order valence-corrected chi connectivity index (χ0v) is 12.8. The van der Waals surface area contributed by atoms with Crippen molar-refractivity contribution < 1.29 is 9.84 Å². The van der Waals surface area contributed by atoms with Gasteiger partial charge in [0, 0.05) is 6.54 Å². The molecule has 0 atom stereocenters. The number of nitrogens with zero attached hydrogens (tertiary/aromatic N) is 1. The third-order valence-electron chi connectivity index (χ3n) is 3.16. The van der Waals surface area contributed by atoms with Gasteiger partial charge in [-0.2, -0.15) is 0 Å². The van der Waals surface area contributed by atoms with Gasteiger partial charge < -0.3 is 14.7 Å². The number of rotatable bonds is 7. The maximum absolute atomic E-state index is 8.80. The second-order valence-corrected chi connectivity index (χ2v) is 4.94. The van der Waals surface area contributed by atoms with Crippen LogP contribution in [0.1, 0.15) is 37.3 Å². The van der Waals surface area contributed by atoms with Gasteiger partial charge in [0.15, 0.2) is 0 Å². The first kappa shape index (κ1) is 16.6. The van der Waals surface area contributed by atoms with Crippen LogP contribution in [0, 0.1) is 11.8 Å². The topological polar surface area (TPSA) is 32.7 Å². The van der Waals surface area contributed by atoms with E-state index in [4.69, 9.17) is 9.84 Å². The predicted octanol–water partition coefficient (Wildman–Crippen LogP) is 2.66. The van der Waals surface area contributed by atoms with Gasteiger partial charge in [-0.15, -0.1) is 0 Å². The number of benzene rings is 1. The molecule has 0 fully saturated rings. The highest BCUT2D eigenvalue weighted by Crippen LogP contribution is 2.19. The molecule has 0 bridgehead atoms. The molecule has 20 heavy (non-hydrogen) atoms. The number of methoxy groups -OCH3 is 1. The number of aliphatic hydroxyl groups excluding tert-OH is 1. The predicted molar refractivity (Wildman–Crippen MR) is 82.8 cm³/mol. The van der Waals surface area contributed by atoms with Crippen molar-refractivity contribution in [2.24, 2.45) is 0 Å². The highest BCUT2D eigenvalue weighted by molar-refractivity contribution is 5.48. The Balaban J connectivity index is 2.71. The van der Waals surface area contributed by atoms with Crippen molar-refractivity contribution in [1.82, 2.24) is 4.90 Å². The zero-order valence-electron chi connectivity index (χ0n) is 12.8. The van der Waals surface area contributed by atoms with Crippen molar-refractivity contribution in [3.63, 3.8) is 0 Å². The molecule has 0 aliphatic carbocycles. The fraction of sp³-hybridized carbons (Fsp3) is 0.529. The number of unbranched alkanes of at least 4 members (excludes halogenated alkanes) is 2. The molecule has 1 N–H and O–H groups in total. The summed E-state index contributed by atoms with van der Waals surface area (Å²) in [5, 5.41) is 8.80. The van der Waals surface area contributed by atoms with Crippen LogP contribution in [0.3, 0.4) is 0 Å². The minimum absolute atomic E-state index is 0.135. The van der Waals surface area contributed by atoms with Gasteiger partial charge in [0.1, 0.15) is 12.4 Å². The minimum atomic E-state index is -0.135. The Hall–Kier alpha value is -1.50. The average molecular weight is 275 g/mol. The molecule has 1 rings (SSSR count). The van der Waals surface area contributed by atoms with E-state index in [0.29, 0.717) is 0 Å². The van der Waals surface area contributed by atoms with E-state index in [9.17, 15) is 0 Å². The molecule has 0 saturated carbocycles. The van der Waals surface area contributed by atoms with E-state index >= 15 is 0 Å². The van der Waals surface area contributed by atoms with Gasteiger partial charge in [0.05, 0.1) is 12.7 Å². The van der Waals surface area contributed by atoms with Gasteiger partial charge >= 0.3 is 0 Å². The number of hydrogen-bond acceptors (Lipinski definition) is 3. The van der Waals surface area contributed by atoms with Crippen molar-refractivity contribution in [3.8, 4) is 17.6 Å². The van der Waals surface area contributed by atoms with Crippen LogP contribution in [-0.2, 0) is 6.54 Å². The van der Waals surface area contributed by atoms with E-state index in [0.717, 1.165) is 24.4 Å². The van der Waals surface area contributed by atoms with Crippen molar-refractivity contribution in [2.75, 3.05) is 27.3 Å². The van der Waals surface area contributed by atoms with Gasteiger partial charge in [0.25, 0.3) is 0 Å². The standard InChI is InChI=1S/C17H25NO2/c1-4-5-6-11-18(2)14-15-9-10-17(20-3)16(13-15)8-7-12-19/h9-10,13,19H,4-6,11-12,14H2,1-3H3. The number of ether oxygens (including phenoxy) is 1. The lowest BCUT2D eigenvalue weighted by molar-refractivity contribution is 0.318. The lowest BCUT2D eigenvalue weighted by atomic mass is 10.1. The van der Waals surface area contributed by atoms with E-state index in [1.807, 2.05) is 12.1 Å². The molecule has 1 aromatic carbocycles. The van der Waals surface area contributed by atoms with E-state index in [1.165, 1.54) is 24.8 Å². The largest absolute Gasteiger partial charge is 0.495 e. The van der Waals surface area contributed by atoms with Crippen molar-refractivity contribution in [1.29, 1.82) is 0 Å². The molecule has 0 heterocycles. The molecular formula is C17H25NO2. The quantitative estimate of drug-likeness (QED) is 0.613. The van der Waals surface area contributed by atoms with E-state index < -0.39 is 0 Å². The highest BCUT2D eigenvalue weighted by Gasteiger charge is 2.05. The lowest BCUT2D eigenvalue weighted by Gasteiger charge is -2.17. The third kappa shape index (κ3) is 5.64. The summed E-state index contributed by atoms with van der Waals surface area (Å²) in [4.78, 5) is 2.32. The summed E-state index contributed by atoms with van der Waals surface area (Å²) in [5.74, 6) is 6.36. The van der Waals surface area contributed by atoms with Crippen molar-refractivity contribution in [3.05, 3.63) is 29.3 Å². The Morgan fingerprint density at radius 2 is 2.10 bits per heavy atom. The first-order chi connectivity index (χ1) is 9.71. The van der Waals surface area contributed by atoms with Gasteiger partial charge in [-0.1, -0.05) is 37.7 Å². The maximum atomic E-state index is 8.80. The Kier molecular flexibility index (Phi) is 7.79. The molecule has 0 spiro atoms. The zero-order chi connectivity index (χ0) is 14.8. The van der Waals surface area contributed by atoms with Crippen LogP contribution in [0.25, 0.3) is 0 Å². The second kappa shape index (κ2) is 9.41. The smallest absolute Gasteiger partial charge is 0.134 e. The summed E-state index contributed by atoms with van der Waals surface area (Å²) in [6.45, 7) is 4.10. The normalized spacial score (nSPS) is 10.2. The van der Waals surface area contributed by atoms with Gasteiger partial charge in [-0.3, -0.25) is 0 Å². The van der Waals surface area contributed by atoms with Crippen LogP contribution in [0.15, 0.2) is 18.2 Å². The van der Waals surface area contributed by atoms with Gasteiger partial charge in [-0.05, 0) is 37.7 Å². The molecule has 0 radical (unpaired) electrons. The minimum Gasteiger partial charge on any atom is -0.495 e.